The van der Waals surface area contributed by atoms with Crippen molar-refractivity contribution in [1.29, 1.82) is 0 Å². The molecule has 1 N–H and O–H groups in total. The molecular weight excluding hydrogens is 266 g/mol. The number of amides is 1. The first-order valence-corrected chi connectivity index (χ1v) is 7.69. The summed E-state index contributed by atoms with van der Waals surface area (Å²) in [6, 6.07) is 9.67. The normalized spacial score (nSPS) is 26.2. The highest BCUT2D eigenvalue weighted by molar-refractivity contribution is 5.67. The van der Waals surface area contributed by atoms with Gasteiger partial charge in [-0.2, -0.15) is 0 Å². The molecule has 4 nitrogen and oxygen atoms in total. The Balaban J connectivity index is 1.88. The molecule has 116 valence electrons. The van der Waals surface area contributed by atoms with Gasteiger partial charge < -0.3 is 14.7 Å². The summed E-state index contributed by atoms with van der Waals surface area (Å²) in [7, 11) is 0. The van der Waals surface area contributed by atoms with Crippen LogP contribution in [-0.4, -0.2) is 35.3 Å². The van der Waals surface area contributed by atoms with E-state index in [9.17, 15) is 9.90 Å². The van der Waals surface area contributed by atoms with Gasteiger partial charge in [0.05, 0.1) is 6.10 Å². The molecule has 0 unspecified atom stereocenters. The molecule has 2 rings (SSSR count). The number of carbonyl (C=O) groups excluding carboxylic acids is 1. The average Bonchev–Trinajstić information content (AvgIpc) is 2.67. The van der Waals surface area contributed by atoms with Crippen LogP contribution in [0.4, 0.5) is 4.79 Å². The number of hydrogen-bond acceptors (Lipinski definition) is 3. The van der Waals surface area contributed by atoms with Gasteiger partial charge >= 0.3 is 6.09 Å². The second-order valence-electron chi connectivity index (χ2n) is 6.09. The maximum absolute atomic E-state index is 12.2. The predicted molar refractivity (Wildman–Crippen MR) is 81.8 cm³/mol. The van der Waals surface area contributed by atoms with E-state index < -0.39 is 0 Å². The van der Waals surface area contributed by atoms with Crippen LogP contribution < -0.4 is 0 Å². The molecule has 1 fully saturated rings. The van der Waals surface area contributed by atoms with E-state index in [0.29, 0.717) is 26.1 Å². The van der Waals surface area contributed by atoms with E-state index in [1.54, 1.807) is 4.90 Å². The lowest BCUT2D eigenvalue weighted by Crippen LogP contribution is -2.33. The summed E-state index contributed by atoms with van der Waals surface area (Å²) in [5, 5.41) is 10.2. The lowest BCUT2D eigenvalue weighted by atomic mass is 9.78. The number of likely N-dealkylation sites (tertiary alicyclic amines) is 1. The Morgan fingerprint density at radius 3 is 2.76 bits per heavy atom. The van der Waals surface area contributed by atoms with Gasteiger partial charge in [-0.3, -0.25) is 0 Å². The van der Waals surface area contributed by atoms with E-state index in [-0.39, 0.29) is 17.6 Å². The lowest BCUT2D eigenvalue weighted by molar-refractivity contribution is 0.0321. The van der Waals surface area contributed by atoms with Crippen LogP contribution in [0.5, 0.6) is 0 Å². The van der Waals surface area contributed by atoms with E-state index >= 15 is 0 Å². The van der Waals surface area contributed by atoms with Crippen LogP contribution in [-0.2, 0) is 11.3 Å². The first-order chi connectivity index (χ1) is 10.0. The number of carbonyl (C=O) groups is 1. The van der Waals surface area contributed by atoms with Gasteiger partial charge in [-0.1, -0.05) is 44.2 Å². The SMILES string of the molecule is CC[C@@]1(C)CCN(C(=O)OCc2ccccc2)CC[C@H]1O. The third-order valence-electron chi connectivity index (χ3n) is 4.70. The highest BCUT2D eigenvalue weighted by Crippen LogP contribution is 2.34. The number of benzene rings is 1. The molecule has 1 aliphatic heterocycles. The molecule has 0 spiro atoms. The quantitative estimate of drug-likeness (QED) is 0.930. The number of nitrogens with zero attached hydrogens (tertiary/aromatic N) is 1. The molecule has 4 heteroatoms. The zero-order valence-corrected chi connectivity index (χ0v) is 12.9. The smallest absolute Gasteiger partial charge is 0.410 e. The van der Waals surface area contributed by atoms with Crippen molar-refractivity contribution < 1.29 is 14.6 Å². The fourth-order valence-electron chi connectivity index (χ4n) is 2.70. The van der Waals surface area contributed by atoms with Crippen molar-refractivity contribution in [2.45, 2.75) is 45.8 Å². The number of rotatable bonds is 3. The standard InChI is InChI=1S/C17H25NO3/c1-3-17(2)10-12-18(11-9-15(17)19)16(20)21-13-14-7-5-4-6-8-14/h4-8,15,19H,3,9-13H2,1-2H3/t15-,17+/m1/s1. The minimum atomic E-state index is -0.352. The zero-order chi connectivity index (χ0) is 15.3. The number of aliphatic hydroxyl groups is 1. The molecule has 2 atom stereocenters. The zero-order valence-electron chi connectivity index (χ0n) is 12.9. The minimum absolute atomic E-state index is 0.103. The van der Waals surface area contributed by atoms with Gasteiger partial charge in [0.2, 0.25) is 0 Å². The highest BCUT2D eigenvalue weighted by atomic mass is 16.6. The molecule has 0 aromatic heterocycles. The van der Waals surface area contributed by atoms with Crippen molar-refractivity contribution in [1.82, 2.24) is 4.90 Å². The van der Waals surface area contributed by atoms with Gasteiger partial charge in [0.1, 0.15) is 6.61 Å². The lowest BCUT2D eigenvalue weighted by Gasteiger charge is -2.31. The molecule has 1 aromatic carbocycles. The van der Waals surface area contributed by atoms with Crippen molar-refractivity contribution in [3.05, 3.63) is 35.9 Å². The summed E-state index contributed by atoms with van der Waals surface area (Å²) in [6.45, 7) is 5.69. The Kier molecular flexibility index (Phi) is 5.23. The average molecular weight is 291 g/mol. The predicted octanol–water partition coefficient (Wildman–Crippen LogP) is 3.20. The minimum Gasteiger partial charge on any atom is -0.445 e. The number of ether oxygens (including phenoxy) is 1. The van der Waals surface area contributed by atoms with E-state index in [2.05, 4.69) is 13.8 Å². The van der Waals surface area contributed by atoms with Crippen LogP contribution in [0.25, 0.3) is 0 Å². The first kappa shape index (κ1) is 15.8. The van der Waals surface area contributed by atoms with Crippen LogP contribution in [0, 0.1) is 5.41 Å². The summed E-state index contributed by atoms with van der Waals surface area (Å²) in [4.78, 5) is 13.9. The first-order valence-electron chi connectivity index (χ1n) is 7.69. The summed E-state index contributed by atoms with van der Waals surface area (Å²) in [5.41, 5.74) is 0.883. The molecule has 1 amide bonds. The fourth-order valence-corrected chi connectivity index (χ4v) is 2.70. The Labute approximate surface area is 126 Å². The number of aliphatic hydroxyl groups excluding tert-OH is 1. The van der Waals surface area contributed by atoms with Crippen LogP contribution in [0.2, 0.25) is 0 Å². The second-order valence-corrected chi connectivity index (χ2v) is 6.09. The van der Waals surface area contributed by atoms with E-state index in [4.69, 9.17) is 4.74 Å². The molecule has 0 bridgehead atoms. The summed E-state index contributed by atoms with van der Waals surface area (Å²) in [6.07, 6.45) is 1.71. The third-order valence-corrected chi connectivity index (χ3v) is 4.70. The van der Waals surface area contributed by atoms with Gasteiger partial charge in [0.15, 0.2) is 0 Å². The molecular formula is C17H25NO3. The molecule has 0 aliphatic carbocycles. The summed E-state index contributed by atoms with van der Waals surface area (Å²) in [5.74, 6) is 0. The molecule has 1 aromatic rings. The van der Waals surface area contributed by atoms with Crippen LogP contribution in [0.1, 0.15) is 38.7 Å². The summed E-state index contributed by atoms with van der Waals surface area (Å²) < 4.78 is 5.37. The molecule has 1 saturated heterocycles. The van der Waals surface area contributed by atoms with Gasteiger partial charge in [-0.05, 0) is 30.2 Å². The summed E-state index contributed by atoms with van der Waals surface area (Å²) >= 11 is 0. The molecule has 1 heterocycles. The van der Waals surface area contributed by atoms with Crippen LogP contribution in [0.3, 0.4) is 0 Å². The molecule has 21 heavy (non-hydrogen) atoms. The van der Waals surface area contributed by atoms with E-state index in [1.807, 2.05) is 30.3 Å². The maximum atomic E-state index is 12.2. The van der Waals surface area contributed by atoms with Crippen LogP contribution >= 0.6 is 0 Å². The molecule has 0 saturated carbocycles. The van der Waals surface area contributed by atoms with Gasteiger partial charge in [0, 0.05) is 13.1 Å². The van der Waals surface area contributed by atoms with Crippen molar-refractivity contribution in [2.24, 2.45) is 5.41 Å². The van der Waals surface area contributed by atoms with Crippen molar-refractivity contribution in [3.63, 3.8) is 0 Å². The second kappa shape index (κ2) is 6.94. The molecule has 1 aliphatic rings. The fraction of sp³-hybridized carbons (Fsp3) is 0.588. The van der Waals surface area contributed by atoms with Gasteiger partial charge in [-0.15, -0.1) is 0 Å². The monoisotopic (exact) mass is 291 g/mol. The van der Waals surface area contributed by atoms with Crippen molar-refractivity contribution in [3.8, 4) is 0 Å². The number of hydrogen-bond donors (Lipinski definition) is 1. The Bertz CT molecular complexity index is 462. The topological polar surface area (TPSA) is 49.8 Å². The van der Waals surface area contributed by atoms with Gasteiger partial charge in [0.25, 0.3) is 0 Å². The van der Waals surface area contributed by atoms with Gasteiger partial charge in [-0.25, -0.2) is 4.79 Å². The Morgan fingerprint density at radius 2 is 2.10 bits per heavy atom. The molecule has 0 radical (unpaired) electrons. The Hall–Kier alpha value is -1.55. The highest BCUT2D eigenvalue weighted by Gasteiger charge is 2.35. The van der Waals surface area contributed by atoms with Crippen molar-refractivity contribution in [2.75, 3.05) is 13.1 Å². The Morgan fingerprint density at radius 1 is 1.38 bits per heavy atom. The van der Waals surface area contributed by atoms with E-state index in [1.165, 1.54) is 0 Å². The van der Waals surface area contributed by atoms with Crippen molar-refractivity contribution >= 4 is 6.09 Å². The van der Waals surface area contributed by atoms with Crippen LogP contribution in [0.15, 0.2) is 30.3 Å². The third kappa shape index (κ3) is 3.97. The largest absolute Gasteiger partial charge is 0.445 e. The maximum Gasteiger partial charge on any atom is 0.410 e. The van der Waals surface area contributed by atoms with E-state index in [0.717, 1.165) is 18.4 Å².